The van der Waals surface area contributed by atoms with E-state index in [1.807, 2.05) is 0 Å². The van der Waals surface area contributed by atoms with E-state index in [0.29, 0.717) is 16.0 Å². The summed E-state index contributed by atoms with van der Waals surface area (Å²) in [4.78, 5) is 23.9. The van der Waals surface area contributed by atoms with Crippen LogP contribution in [-0.2, 0) is 0 Å². The van der Waals surface area contributed by atoms with E-state index >= 15 is 0 Å². The molecule has 0 saturated heterocycles. The van der Waals surface area contributed by atoms with Crippen LogP contribution in [0.3, 0.4) is 0 Å². The van der Waals surface area contributed by atoms with Crippen LogP contribution in [0.2, 0.25) is 0 Å². The topological polar surface area (TPSA) is 77.0 Å². The Morgan fingerprint density at radius 2 is 2.17 bits per heavy atom. The number of carbonyl (C=O) groups excluding carboxylic acids is 1. The van der Waals surface area contributed by atoms with Gasteiger partial charge in [-0.3, -0.25) is 4.79 Å². The molecule has 0 atom stereocenters. The van der Waals surface area contributed by atoms with Crippen LogP contribution in [0.4, 0.5) is 5.82 Å². The largest absolute Gasteiger partial charge is 0.480 e. The standard InChI is InChI=1S/C11H9BrN4O2/c1-18-11-7(3-2-4-13-11)10(17)16-9-6-14-8(12)5-15-9/h2-6H,1H3,(H,15,16,17). The maximum Gasteiger partial charge on any atom is 0.262 e. The summed E-state index contributed by atoms with van der Waals surface area (Å²) in [5.41, 5.74) is 0.338. The molecule has 18 heavy (non-hydrogen) atoms. The first kappa shape index (κ1) is 12.4. The number of carbonyl (C=O) groups is 1. The second kappa shape index (κ2) is 5.54. The van der Waals surface area contributed by atoms with Crippen molar-refractivity contribution in [2.24, 2.45) is 0 Å². The lowest BCUT2D eigenvalue weighted by molar-refractivity contribution is 0.102. The first-order chi connectivity index (χ1) is 8.70. The van der Waals surface area contributed by atoms with Gasteiger partial charge in [-0.1, -0.05) is 0 Å². The van der Waals surface area contributed by atoms with Crippen molar-refractivity contribution in [3.63, 3.8) is 0 Å². The zero-order valence-corrected chi connectivity index (χ0v) is 11.0. The Morgan fingerprint density at radius 1 is 1.33 bits per heavy atom. The molecular formula is C11H9BrN4O2. The van der Waals surface area contributed by atoms with Crippen molar-refractivity contribution >= 4 is 27.7 Å². The number of rotatable bonds is 3. The lowest BCUT2D eigenvalue weighted by Gasteiger charge is -2.07. The van der Waals surface area contributed by atoms with Crippen LogP contribution in [0, 0.1) is 0 Å². The van der Waals surface area contributed by atoms with Crippen molar-refractivity contribution in [2.45, 2.75) is 0 Å². The second-order valence-corrected chi connectivity index (χ2v) is 4.05. The zero-order chi connectivity index (χ0) is 13.0. The summed E-state index contributed by atoms with van der Waals surface area (Å²) in [6.07, 6.45) is 4.50. The Balaban J connectivity index is 2.19. The predicted molar refractivity (Wildman–Crippen MR) is 68.5 cm³/mol. The molecule has 92 valence electrons. The van der Waals surface area contributed by atoms with E-state index in [2.05, 4.69) is 36.2 Å². The normalized spacial score (nSPS) is 9.89. The number of amides is 1. The third kappa shape index (κ3) is 2.80. The van der Waals surface area contributed by atoms with E-state index in [1.165, 1.54) is 19.5 Å². The molecule has 0 bridgehead atoms. The molecule has 1 amide bonds. The predicted octanol–water partition coefficient (Wildman–Crippen LogP) is 1.89. The number of aromatic nitrogens is 3. The highest BCUT2D eigenvalue weighted by molar-refractivity contribution is 9.10. The quantitative estimate of drug-likeness (QED) is 0.937. The highest BCUT2D eigenvalue weighted by Gasteiger charge is 2.13. The number of halogens is 1. The van der Waals surface area contributed by atoms with Gasteiger partial charge in [0.1, 0.15) is 10.2 Å². The summed E-state index contributed by atoms with van der Waals surface area (Å²) < 4.78 is 5.60. The molecule has 0 saturated carbocycles. The molecule has 0 aromatic carbocycles. The number of methoxy groups -OCH3 is 1. The minimum absolute atomic E-state index is 0.264. The molecule has 2 heterocycles. The van der Waals surface area contributed by atoms with E-state index < -0.39 is 0 Å². The first-order valence-electron chi connectivity index (χ1n) is 4.98. The first-order valence-corrected chi connectivity index (χ1v) is 5.78. The third-order valence-corrected chi connectivity index (χ3v) is 2.48. The van der Waals surface area contributed by atoms with Crippen LogP contribution in [0.25, 0.3) is 0 Å². The Morgan fingerprint density at radius 3 is 2.83 bits per heavy atom. The molecule has 0 aliphatic heterocycles. The van der Waals surface area contributed by atoms with Crippen molar-refractivity contribution in [3.05, 3.63) is 40.9 Å². The Bertz CT molecular complexity index is 559. The smallest absolute Gasteiger partial charge is 0.262 e. The fourth-order valence-corrected chi connectivity index (χ4v) is 1.49. The van der Waals surface area contributed by atoms with Gasteiger partial charge in [0.25, 0.3) is 5.91 Å². The fraction of sp³-hybridized carbons (Fsp3) is 0.0909. The fourth-order valence-electron chi connectivity index (χ4n) is 1.29. The number of nitrogens with zero attached hydrogens (tertiary/aromatic N) is 3. The maximum atomic E-state index is 12.0. The summed E-state index contributed by atoms with van der Waals surface area (Å²) in [6, 6.07) is 3.28. The lowest BCUT2D eigenvalue weighted by atomic mass is 10.2. The molecule has 0 aliphatic carbocycles. The van der Waals surface area contributed by atoms with Crippen LogP contribution in [-0.4, -0.2) is 28.0 Å². The number of anilines is 1. The Labute approximate surface area is 112 Å². The van der Waals surface area contributed by atoms with Crippen LogP contribution in [0.1, 0.15) is 10.4 Å². The van der Waals surface area contributed by atoms with Gasteiger partial charge in [-0.05, 0) is 28.1 Å². The van der Waals surface area contributed by atoms with Gasteiger partial charge in [-0.25, -0.2) is 15.0 Å². The number of nitrogens with one attached hydrogen (secondary N) is 1. The molecule has 0 unspecified atom stereocenters. The highest BCUT2D eigenvalue weighted by atomic mass is 79.9. The second-order valence-electron chi connectivity index (χ2n) is 3.24. The van der Waals surface area contributed by atoms with Crippen molar-refractivity contribution in [2.75, 3.05) is 12.4 Å². The Hall–Kier alpha value is -2.02. The van der Waals surface area contributed by atoms with E-state index in [4.69, 9.17) is 4.74 Å². The molecule has 2 aromatic rings. The number of ether oxygens (including phenoxy) is 1. The minimum Gasteiger partial charge on any atom is -0.480 e. The average molecular weight is 309 g/mol. The van der Waals surface area contributed by atoms with Gasteiger partial charge in [0, 0.05) is 6.20 Å². The van der Waals surface area contributed by atoms with Crippen LogP contribution in [0.15, 0.2) is 35.3 Å². The lowest BCUT2D eigenvalue weighted by Crippen LogP contribution is -2.14. The summed E-state index contributed by atoms with van der Waals surface area (Å²) in [5.74, 6) is 0.269. The van der Waals surface area contributed by atoms with E-state index in [1.54, 1.807) is 18.3 Å². The molecular weight excluding hydrogens is 300 g/mol. The monoisotopic (exact) mass is 308 g/mol. The molecule has 0 fully saturated rings. The number of hydrogen-bond acceptors (Lipinski definition) is 5. The van der Waals surface area contributed by atoms with Crippen LogP contribution in [0.5, 0.6) is 5.88 Å². The minimum atomic E-state index is -0.350. The molecule has 2 rings (SSSR count). The van der Waals surface area contributed by atoms with Crippen molar-refractivity contribution in [1.82, 2.24) is 15.0 Å². The molecule has 0 spiro atoms. The maximum absolute atomic E-state index is 12.0. The molecule has 0 aliphatic rings. The van der Waals surface area contributed by atoms with Gasteiger partial charge in [-0.2, -0.15) is 0 Å². The Kier molecular flexibility index (Phi) is 3.83. The zero-order valence-electron chi connectivity index (χ0n) is 9.42. The van der Waals surface area contributed by atoms with Crippen molar-refractivity contribution in [1.29, 1.82) is 0 Å². The molecule has 2 aromatic heterocycles. The van der Waals surface area contributed by atoms with Crippen molar-refractivity contribution < 1.29 is 9.53 Å². The molecule has 7 heteroatoms. The molecule has 6 nitrogen and oxygen atoms in total. The van der Waals surface area contributed by atoms with E-state index in [-0.39, 0.29) is 11.8 Å². The number of pyridine rings is 1. The average Bonchev–Trinajstić information content (AvgIpc) is 2.41. The van der Waals surface area contributed by atoms with E-state index in [9.17, 15) is 4.79 Å². The van der Waals surface area contributed by atoms with Gasteiger partial charge in [0.15, 0.2) is 5.82 Å². The van der Waals surface area contributed by atoms with Crippen molar-refractivity contribution in [3.8, 4) is 5.88 Å². The van der Waals surface area contributed by atoms with Gasteiger partial charge in [0.2, 0.25) is 5.88 Å². The van der Waals surface area contributed by atoms with Crippen LogP contribution >= 0.6 is 15.9 Å². The number of hydrogen-bond donors (Lipinski definition) is 1. The van der Waals surface area contributed by atoms with Gasteiger partial charge < -0.3 is 10.1 Å². The van der Waals surface area contributed by atoms with Gasteiger partial charge in [0.05, 0.1) is 19.5 Å². The summed E-state index contributed by atoms with van der Waals surface area (Å²) >= 11 is 3.16. The molecule has 1 N–H and O–H groups in total. The van der Waals surface area contributed by atoms with Gasteiger partial charge >= 0.3 is 0 Å². The molecule has 0 radical (unpaired) electrons. The van der Waals surface area contributed by atoms with Gasteiger partial charge in [-0.15, -0.1) is 0 Å². The summed E-state index contributed by atoms with van der Waals surface area (Å²) in [6.45, 7) is 0. The highest BCUT2D eigenvalue weighted by Crippen LogP contribution is 2.15. The van der Waals surface area contributed by atoms with E-state index in [0.717, 1.165) is 0 Å². The third-order valence-electron chi connectivity index (χ3n) is 2.07. The van der Waals surface area contributed by atoms with Crippen LogP contribution < -0.4 is 10.1 Å². The summed E-state index contributed by atoms with van der Waals surface area (Å²) in [5, 5.41) is 2.61. The SMILES string of the molecule is COc1ncccc1C(=O)Nc1cnc(Br)cn1. The summed E-state index contributed by atoms with van der Waals surface area (Å²) in [7, 11) is 1.46.